The van der Waals surface area contributed by atoms with Crippen molar-refractivity contribution in [1.29, 1.82) is 0 Å². The molecule has 1 aromatic heterocycles. The van der Waals surface area contributed by atoms with Crippen molar-refractivity contribution >= 4 is 16.9 Å². The number of furan rings is 1. The highest BCUT2D eigenvalue weighted by molar-refractivity contribution is 5.82. The highest BCUT2D eigenvalue weighted by Crippen LogP contribution is 2.20. The SMILES string of the molecule is CCN(C)C(=O)C(C)NCc1coc2ccccc12. The van der Waals surface area contributed by atoms with Gasteiger partial charge in [0.15, 0.2) is 0 Å². The second kappa shape index (κ2) is 5.89. The molecule has 0 fully saturated rings. The lowest BCUT2D eigenvalue weighted by Crippen LogP contribution is -2.42. The Labute approximate surface area is 113 Å². The van der Waals surface area contributed by atoms with E-state index in [0.717, 1.165) is 23.1 Å². The largest absolute Gasteiger partial charge is 0.464 e. The van der Waals surface area contributed by atoms with Crippen molar-refractivity contribution in [2.75, 3.05) is 13.6 Å². The van der Waals surface area contributed by atoms with Crippen LogP contribution in [0.25, 0.3) is 11.0 Å². The molecule has 0 spiro atoms. The normalized spacial score (nSPS) is 12.6. The molecule has 4 heteroatoms. The van der Waals surface area contributed by atoms with Crippen LogP contribution in [-0.2, 0) is 11.3 Å². The number of nitrogens with zero attached hydrogens (tertiary/aromatic N) is 1. The molecule has 0 bridgehead atoms. The zero-order valence-electron chi connectivity index (χ0n) is 11.6. The number of carbonyl (C=O) groups excluding carboxylic acids is 1. The van der Waals surface area contributed by atoms with Gasteiger partial charge < -0.3 is 14.6 Å². The van der Waals surface area contributed by atoms with Gasteiger partial charge in [-0.2, -0.15) is 0 Å². The predicted octanol–water partition coefficient (Wildman–Crippen LogP) is 2.39. The first-order valence-electron chi connectivity index (χ1n) is 6.57. The Kier molecular flexibility index (Phi) is 4.22. The third-order valence-corrected chi connectivity index (χ3v) is 3.38. The van der Waals surface area contributed by atoms with E-state index in [0.29, 0.717) is 6.54 Å². The van der Waals surface area contributed by atoms with Crippen molar-refractivity contribution in [2.24, 2.45) is 0 Å². The van der Waals surface area contributed by atoms with Gasteiger partial charge in [-0.25, -0.2) is 0 Å². The van der Waals surface area contributed by atoms with Crippen molar-refractivity contribution in [3.63, 3.8) is 0 Å². The van der Waals surface area contributed by atoms with Gasteiger partial charge in [0.1, 0.15) is 5.58 Å². The highest BCUT2D eigenvalue weighted by atomic mass is 16.3. The van der Waals surface area contributed by atoms with E-state index in [1.165, 1.54) is 0 Å². The summed E-state index contributed by atoms with van der Waals surface area (Å²) in [4.78, 5) is 13.7. The number of rotatable bonds is 5. The van der Waals surface area contributed by atoms with E-state index >= 15 is 0 Å². The predicted molar refractivity (Wildman–Crippen MR) is 75.8 cm³/mol. The summed E-state index contributed by atoms with van der Waals surface area (Å²) >= 11 is 0. The number of benzene rings is 1. The maximum Gasteiger partial charge on any atom is 0.239 e. The molecule has 19 heavy (non-hydrogen) atoms. The van der Waals surface area contributed by atoms with E-state index in [4.69, 9.17) is 4.42 Å². The van der Waals surface area contributed by atoms with Gasteiger partial charge in [0.2, 0.25) is 5.91 Å². The van der Waals surface area contributed by atoms with Gasteiger partial charge in [0.25, 0.3) is 0 Å². The molecule has 2 aromatic rings. The lowest BCUT2D eigenvalue weighted by atomic mass is 10.1. The van der Waals surface area contributed by atoms with E-state index < -0.39 is 0 Å². The Hall–Kier alpha value is -1.81. The first-order chi connectivity index (χ1) is 9.13. The van der Waals surface area contributed by atoms with Crippen LogP contribution in [0.5, 0.6) is 0 Å². The van der Waals surface area contributed by atoms with Gasteiger partial charge in [0, 0.05) is 31.1 Å². The average molecular weight is 260 g/mol. The van der Waals surface area contributed by atoms with Crippen LogP contribution in [0.3, 0.4) is 0 Å². The molecule has 0 aliphatic carbocycles. The Balaban J connectivity index is 2.01. The first-order valence-corrected chi connectivity index (χ1v) is 6.57. The molecule has 102 valence electrons. The van der Waals surface area contributed by atoms with Crippen LogP contribution in [-0.4, -0.2) is 30.4 Å². The zero-order valence-corrected chi connectivity index (χ0v) is 11.6. The van der Waals surface area contributed by atoms with E-state index in [1.807, 2.05) is 45.2 Å². The molecular formula is C15H20N2O2. The van der Waals surface area contributed by atoms with Gasteiger partial charge in [-0.3, -0.25) is 4.79 Å². The fourth-order valence-corrected chi connectivity index (χ4v) is 2.01. The number of likely N-dealkylation sites (N-methyl/N-ethyl adjacent to an activating group) is 1. The molecule has 1 atom stereocenters. The minimum atomic E-state index is -0.196. The van der Waals surface area contributed by atoms with Gasteiger partial charge in [-0.05, 0) is 19.9 Å². The topological polar surface area (TPSA) is 45.5 Å². The van der Waals surface area contributed by atoms with E-state index in [2.05, 4.69) is 5.32 Å². The van der Waals surface area contributed by atoms with Gasteiger partial charge >= 0.3 is 0 Å². The van der Waals surface area contributed by atoms with Gasteiger partial charge in [-0.1, -0.05) is 18.2 Å². The summed E-state index contributed by atoms with van der Waals surface area (Å²) < 4.78 is 5.48. The minimum Gasteiger partial charge on any atom is -0.464 e. The van der Waals surface area contributed by atoms with Crippen LogP contribution in [0.15, 0.2) is 34.9 Å². The lowest BCUT2D eigenvalue weighted by Gasteiger charge is -2.20. The molecule has 1 aromatic carbocycles. The summed E-state index contributed by atoms with van der Waals surface area (Å²) in [7, 11) is 1.81. The summed E-state index contributed by atoms with van der Waals surface area (Å²) in [6, 6.07) is 7.71. The Morgan fingerprint density at radius 1 is 1.42 bits per heavy atom. The van der Waals surface area contributed by atoms with Crippen LogP contribution in [0.2, 0.25) is 0 Å². The van der Waals surface area contributed by atoms with Gasteiger partial charge in [-0.15, -0.1) is 0 Å². The van der Waals surface area contributed by atoms with E-state index in [9.17, 15) is 4.79 Å². The average Bonchev–Trinajstić information content (AvgIpc) is 2.86. The Morgan fingerprint density at radius 3 is 2.89 bits per heavy atom. The number of hydrogen-bond donors (Lipinski definition) is 1. The quantitative estimate of drug-likeness (QED) is 0.897. The number of carbonyl (C=O) groups is 1. The molecule has 1 heterocycles. The maximum atomic E-state index is 11.9. The molecule has 0 radical (unpaired) electrons. The molecule has 0 saturated heterocycles. The minimum absolute atomic E-state index is 0.107. The number of amides is 1. The Morgan fingerprint density at radius 2 is 2.16 bits per heavy atom. The summed E-state index contributed by atoms with van der Waals surface area (Å²) in [5.74, 6) is 0.107. The Bertz CT molecular complexity index is 562. The molecule has 0 aliphatic heterocycles. The molecule has 1 N–H and O–H groups in total. The first kappa shape index (κ1) is 13.6. The number of para-hydroxylation sites is 1. The molecule has 0 aliphatic rings. The molecule has 1 amide bonds. The lowest BCUT2D eigenvalue weighted by molar-refractivity contribution is -0.131. The summed E-state index contributed by atoms with van der Waals surface area (Å²) in [6.45, 7) is 5.20. The van der Waals surface area contributed by atoms with E-state index in [-0.39, 0.29) is 11.9 Å². The van der Waals surface area contributed by atoms with Gasteiger partial charge in [0.05, 0.1) is 12.3 Å². The monoisotopic (exact) mass is 260 g/mol. The fourth-order valence-electron chi connectivity index (χ4n) is 2.01. The van der Waals surface area contributed by atoms with Crippen molar-refractivity contribution < 1.29 is 9.21 Å². The van der Waals surface area contributed by atoms with Crippen LogP contribution in [0.4, 0.5) is 0 Å². The third-order valence-electron chi connectivity index (χ3n) is 3.38. The highest BCUT2D eigenvalue weighted by Gasteiger charge is 2.16. The summed E-state index contributed by atoms with van der Waals surface area (Å²) in [6.07, 6.45) is 1.75. The van der Waals surface area contributed by atoms with Crippen LogP contribution in [0.1, 0.15) is 19.4 Å². The summed E-state index contributed by atoms with van der Waals surface area (Å²) in [5, 5.41) is 4.34. The van der Waals surface area contributed by atoms with Crippen molar-refractivity contribution in [3.8, 4) is 0 Å². The number of fused-ring (bicyclic) bond motifs is 1. The number of hydrogen-bond acceptors (Lipinski definition) is 3. The maximum absolute atomic E-state index is 11.9. The number of nitrogens with one attached hydrogen (secondary N) is 1. The molecule has 4 nitrogen and oxygen atoms in total. The third kappa shape index (κ3) is 2.96. The van der Waals surface area contributed by atoms with Crippen molar-refractivity contribution in [1.82, 2.24) is 10.2 Å². The van der Waals surface area contributed by atoms with Crippen LogP contribution < -0.4 is 5.32 Å². The smallest absolute Gasteiger partial charge is 0.239 e. The molecule has 2 rings (SSSR count). The summed E-state index contributed by atoms with van der Waals surface area (Å²) in [5.41, 5.74) is 1.96. The van der Waals surface area contributed by atoms with Crippen molar-refractivity contribution in [2.45, 2.75) is 26.4 Å². The molecule has 1 unspecified atom stereocenters. The molecule has 0 saturated carbocycles. The molecular weight excluding hydrogens is 240 g/mol. The fraction of sp³-hybridized carbons (Fsp3) is 0.400. The van der Waals surface area contributed by atoms with Crippen molar-refractivity contribution in [3.05, 3.63) is 36.1 Å². The standard InChI is InChI=1S/C15H20N2O2/c1-4-17(3)15(18)11(2)16-9-12-10-19-14-8-6-5-7-13(12)14/h5-8,10-11,16H,4,9H2,1-3H3. The zero-order chi connectivity index (χ0) is 13.8. The second-order valence-corrected chi connectivity index (χ2v) is 4.71. The van der Waals surface area contributed by atoms with Crippen LogP contribution in [0, 0.1) is 0 Å². The van der Waals surface area contributed by atoms with E-state index in [1.54, 1.807) is 11.2 Å². The second-order valence-electron chi connectivity index (χ2n) is 4.71. The van der Waals surface area contributed by atoms with Crippen LogP contribution >= 0.6 is 0 Å².